The molecule has 0 aliphatic carbocycles. The van der Waals surface area contributed by atoms with Gasteiger partial charge in [-0.2, -0.15) is 0 Å². The van der Waals surface area contributed by atoms with Crippen LogP contribution in [0.1, 0.15) is 50.9 Å². The highest BCUT2D eigenvalue weighted by Crippen LogP contribution is 2.23. The number of imidazole rings is 1. The quantitative estimate of drug-likeness (QED) is 0.835. The van der Waals surface area contributed by atoms with E-state index in [4.69, 9.17) is 10.5 Å². The predicted octanol–water partition coefficient (Wildman–Crippen LogP) is 2.25. The first-order chi connectivity index (χ1) is 8.30. The number of aromatic nitrogens is 2. The van der Waals surface area contributed by atoms with Crippen LogP contribution in [0.2, 0.25) is 0 Å². The SMILES string of the molecule is CCOC(=O)c1nc(CC)n(CC(C)(C)C)c1N. The topological polar surface area (TPSA) is 70.1 Å². The first kappa shape index (κ1) is 14.5. The fraction of sp³-hybridized carbons (Fsp3) is 0.692. The number of nitrogens with zero attached hydrogens (tertiary/aromatic N) is 2. The van der Waals surface area contributed by atoms with Crippen molar-refractivity contribution < 1.29 is 9.53 Å². The van der Waals surface area contributed by atoms with Crippen molar-refractivity contribution in [1.29, 1.82) is 0 Å². The van der Waals surface area contributed by atoms with E-state index < -0.39 is 5.97 Å². The maximum absolute atomic E-state index is 11.7. The Morgan fingerprint density at radius 3 is 2.44 bits per heavy atom. The number of aryl methyl sites for hydroxylation is 1. The van der Waals surface area contributed by atoms with Crippen LogP contribution in [-0.2, 0) is 17.7 Å². The summed E-state index contributed by atoms with van der Waals surface area (Å²) in [7, 11) is 0. The number of ether oxygens (including phenoxy) is 1. The molecule has 0 aromatic carbocycles. The van der Waals surface area contributed by atoms with Crippen LogP contribution in [0.3, 0.4) is 0 Å². The highest BCUT2D eigenvalue weighted by molar-refractivity contribution is 5.92. The van der Waals surface area contributed by atoms with E-state index in [1.54, 1.807) is 6.92 Å². The van der Waals surface area contributed by atoms with E-state index in [1.807, 2.05) is 11.5 Å². The van der Waals surface area contributed by atoms with Gasteiger partial charge in [0, 0.05) is 13.0 Å². The molecule has 0 atom stereocenters. The Morgan fingerprint density at radius 2 is 2.00 bits per heavy atom. The summed E-state index contributed by atoms with van der Waals surface area (Å²) >= 11 is 0. The van der Waals surface area contributed by atoms with Crippen molar-refractivity contribution in [3.8, 4) is 0 Å². The molecular weight excluding hydrogens is 230 g/mol. The van der Waals surface area contributed by atoms with Gasteiger partial charge in [-0.3, -0.25) is 0 Å². The lowest BCUT2D eigenvalue weighted by Crippen LogP contribution is -2.19. The summed E-state index contributed by atoms with van der Waals surface area (Å²) in [6, 6.07) is 0. The van der Waals surface area contributed by atoms with E-state index in [2.05, 4.69) is 25.8 Å². The van der Waals surface area contributed by atoms with Gasteiger partial charge in [0.05, 0.1) is 6.61 Å². The average molecular weight is 253 g/mol. The lowest BCUT2D eigenvalue weighted by molar-refractivity contribution is 0.0521. The van der Waals surface area contributed by atoms with Gasteiger partial charge in [0.15, 0.2) is 5.69 Å². The summed E-state index contributed by atoms with van der Waals surface area (Å²) in [5, 5.41) is 0. The minimum atomic E-state index is -0.447. The molecular formula is C13H23N3O2. The zero-order valence-corrected chi connectivity index (χ0v) is 11.9. The zero-order valence-electron chi connectivity index (χ0n) is 11.9. The molecule has 0 unspecified atom stereocenters. The van der Waals surface area contributed by atoms with Crippen molar-refractivity contribution in [2.75, 3.05) is 12.3 Å². The highest BCUT2D eigenvalue weighted by Gasteiger charge is 2.23. The van der Waals surface area contributed by atoms with E-state index in [-0.39, 0.29) is 11.1 Å². The van der Waals surface area contributed by atoms with Crippen LogP contribution in [-0.4, -0.2) is 22.1 Å². The van der Waals surface area contributed by atoms with E-state index in [1.165, 1.54) is 0 Å². The second-order valence-corrected chi connectivity index (χ2v) is 5.48. The fourth-order valence-electron chi connectivity index (χ4n) is 1.78. The van der Waals surface area contributed by atoms with Gasteiger partial charge in [-0.1, -0.05) is 27.7 Å². The van der Waals surface area contributed by atoms with Gasteiger partial charge in [0.1, 0.15) is 11.6 Å². The molecule has 1 aromatic rings. The van der Waals surface area contributed by atoms with E-state index in [9.17, 15) is 4.79 Å². The third kappa shape index (κ3) is 3.24. The Balaban J connectivity index is 3.14. The molecule has 0 aliphatic rings. The Kier molecular flexibility index (Phi) is 4.38. The molecule has 102 valence electrons. The van der Waals surface area contributed by atoms with E-state index >= 15 is 0 Å². The third-order valence-electron chi connectivity index (χ3n) is 2.50. The third-order valence-corrected chi connectivity index (χ3v) is 2.50. The minimum Gasteiger partial charge on any atom is -0.461 e. The van der Waals surface area contributed by atoms with Crippen molar-refractivity contribution in [2.24, 2.45) is 5.41 Å². The van der Waals surface area contributed by atoms with Gasteiger partial charge in [0.2, 0.25) is 0 Å². The van der Waals surface area contributed by atoms with Crippen LogP contribution in [0.15, 0.2) is 0 Å². The van der Waals surface area contributed by atoms with Crippen LogP contribution >= 0.6 is 0 Å². The smallest absolute Gasteiger partial charge is 0.360 e. The second-order valence-electron chi connectivity index (χ2n) is 5.48. The van der Waals surface area contributed by atoms with Gasteiger partial charge in [0.25, 0.3) is 0 Å². The Bertz CT molecular complexity index is 430. The molecule has 0 saturated carbocycles. The molecule has 0 fully saturated rings. The lowest BCUT2D eigenvalue weighted by Gasteiger charge is -2.21. The van der Waals surface area contributed by atoms with Gasteiger partial charge >= 0.3 is 5.97 Å². The van der Waals surface area contributed by atoms with E-state index in [0.717, 1.165) is 18.8 Å². The van der Waals surface area contributed by atoms with Crippen LogP contribution < -0.4 is 5.73 Å². The molecule has 0 amide bonds. The number of rotatable bonds is 4. The Hall–Kier alpha value is -1.52. The predicted molar refractivity (Wildman–Crippen MR) is 71.4 cm³/mol. The Morgan fingerprint density at radius 1 is 1.39 bits per heavy atom. The maximum Gasteiger partial charge on any atom is 0.360 e. The molecule has 0 bridgehead atoms. The molecule has 0 saturated heterocycles. The zero-order chi connectivity index (χ0) is 13.9. The van der Waals surface area contributed by atoms with Crippen LogP contribution in [0.25, 0.3) is 0 Å². The van der Waals surface area contributed by atoms with Crippen molar-refractivity contribution in [3.63, 3.8) is 0 Å². The molecule has 0 aliphatic heterocycles. The standard InChI is InChI=1S/C13H23N3O2/c1-6-9-15-10(12(17)18-7-2)11(14)16(9)8-13(3,4)5/h6-8,14H2,1-5H3. The van der Waals surface area contributed by atoms with Crippen molar-refractivity contribution in [2.45, 2.75) is 47.6 Å². The first-order valence-corrected chi connectivity index (χ1v) is 6.32. The molecule has 0 radical (unpaired) electrons. The molecule has 1 rings (SSSR count). The minimum absolute atomic E-state index is 0.0741. The second kappa shape index (κ2) is 5.42. The van der Waals surface area contributed by atoms with Gasteiger partial charge in [-0.15, -0.1) is 0 Å². The van der Waals surface area contributed by atoms with Crippen molar-refractivity contribution in [1.82, 2.24) is 9.55 Å². The monoisotopic (exact) mass is 253 g/mol. The van der Waals surface area contributed by atoms with Crippen LogP contribution in [0, 0.1) is 5.41 Å². The normalized spacial score (nSPS) is 11.6. The summed E-state index contributed by atoms with van der Waals surface area (Å²) in [5.41, 5.74) is 6.33. The number of hydrogen-bond acceptors (Lipinski definition) is 4. The molecule has 5 nitrogen and oxygen atoms in total. The molecule has 1 heterocycles. The summed E-state index contributed by atoms with van der Waals surface area (Å²) < 4.78 is 6.87. The van der Waals surface area contributed by atoms with Crippen molar-refractivity contribution in [3.05, 3.63) is 11.5 Å². The summed E-state index contributed by atoms with van der Waals surface area (Å²) in [6.45, 7) is 11.2. The first-order valence-electron chi connectivity index (χ1n) is 6.32. The van der Waals surface area contributed by atoms with E-state index in [0.29, 0.717) is 12.4 Å². The number of hydrogen-bond donors (Lipinski definition) is 1. The summed E-state index contributed by atoms with van der Waals surface area (Å²) in [4.78, 5) is 16.0. The number of carbonyl (C=O) groups excluding carboxylic acids is 1. The maximum atomic E-state index is 11.7. The molecule has 1 aromatic heterocycles. The lowest BCUT2D eigenvalue weighted by atomic mass is 9.97. The van der Waals surface area contributed by atoms with Crippen molar-refractivity contribution >= 4 is 11.8 Å². The Labute approximate surface area is 108 Å². The number of nitrogens with two attached hydrogens (primary N) is 1. The van der Waals surface area contributed by atoms with Gasteiger partial charge < -0.3 is 15.0 Å². The molecule has 2 N–H and O–H groups in total. The van der Waals surface area contributed by atoms with Crippen LogP contribution in [0.4, 0.5) is 5.82 Å². The van der Waals surface area contributed by atoms with Gasteiger partial charge in [-0.05, 0) is 12.3 Å². The summed E-state index contributed by atoms with van der Waals surface area (Å²) in [6.07, 6.45) is 0.736. The molecule has 5 heteroatoms. The number of carbonyl (C=O) groups is 1. The molecule has 0 spiro atoms. The average Bonchev–Trinajstić information content (AvgIpc) is 2.55. The van der Waals surface area contributed by atoms with Crippen LogP contribution in [0.5, 0.6) is 0 Å². The van der Waals surface area contributed by atoms with Gasteiger partial charge in [-0.25, -0.2) is 9.78 Å². The highest BCUT2D eigenvalue weighted by atomic mass is 16.5. The summed E-state index contributed by atoms with van der Waals surface area (Å²) in [5.74, 6) is 0.781. The largest absolute Gasteiger partial charge is 0.461 e. The number of nitrogen functional groups attached to an aromatic ring is 1. The number of esters is 1. The molecule has 18 heavy (non-hydrogen) atoms. The number of anilines is 1. The fourth-order valence-corrected chi connectivity index (χ4v) is 1.78.